The van der Waals surface area contributed by atoms with Crippen molar-refractivity contribution < 1.29 is 39.8 Å². The molecule has 1 amide bonds. The van der Waals surface area contributed by atoms with Crippen LogP contribution in [0.1, 0.15) is 104 Å². The molecule has 1 fully saturated rings. The third-order valence-corrected chi connectivity index (χ3v) is 7.03. The van der Waals surface area contributed by atoms with Gasteiger partial charge >= 0.3 is 0 Å². The van der Waals surface area contributed by atoms with E-state index in [0.29, 0.717) is 6.42 Å². The number of aliphatic hydroxyl groups excluding tert-OH is 5. The largest absolute Gasteiger partial charge is 0.394 e. The topological polar surface area (TPSA) is 149 Å². The molecule has 6 N–H and O–H groups in total. The Balaban J connectivity index is 2.63. The quantitative estimate of drug-likeness (QED) is 0.0878. The molecule has 7 atom stereocenters. The van der Waals surface area contributed by atoms with Crippen molar-refractivity contribution in [3.63, 3.8) is 0 Å². The summed E-state index contributed by atoms with van der Waals surface area (Å²) in [6, 6.07) is -0.810. The summed E-state index contributed by atoms with van der Waals surface area (Å²) in [7, 11) is 0. The van der Waals surface area contributed by atoms with E-state index >= 15 is 0 Å². The molecule has 0 spiro atoms. The van der Waals surface area contributed by atoms with E-state index in [2.05, 4.69) is 31.3 Å². The number of aliphatic hydroxyl groups is 5. The minimum absolute atomic E-state index is 0.200. The molecule has 9 nitrogen and oxygen atoms in total. The lowest BCUT2D eigenvalue weighted by molar-refractivity contribution is -0.302. The monoisotopic (exact) mass is 557 g/mol. The molecule has 1 saturated heterocycles. The summed E-state index contributed by atoms with van der Waals surface area (Å²) in [4.78, 5) is 12.6. The van der Waals surface area contributed by atoms with Gasteiger partial charge in [0.05, 0.1) is 25.4 Å². The molecule has 39 heavy (non-hydrogen) atoms. The van der Waals surface area contributed by atoms with Crippen molar-refractivity contribution in [2.24, 2.45) is 0 Å². The van der Waals surface area contributed by atoms with Crippen LogP contribution in [0.5, 0.6) is 0 Å². The molecule has 0 radical (unpaired) electrons. The summed E-state index contributed by atoms with van der Waals surface area (Å²) in [5.74, 6) is -0.201. The van der Waals surface area contributed by atoms with Crippen molar-refractivity contribution in [2.45, 2.75) is 147 Å². The third-order valence-electron chi connectivity index (χ3n) is 7.03. The average Bonchev–Trinajstić information content (AvgIpc) is 2.93. The van der Waals surface area contributed by atoms with Crippen molar-refractivity contribution in [1.29, 1.82) is 0 Å². The standard InChI is InChI=1S/C30H55NO8/c1-3-5-7-9-11-12-14-15-17-19-24(33)23(31-26(34)20-18-16-13-10-8-6-4-2)22-38-30-29(37)28(36)27(35)25(21-32)39-30/h11-12,17,19,23-25,27-30,32-33,35-37H,3-10,13-16,18,20-22H2,1-2H3,(H,31,34)/b12-11+,19-17+/t23-,24+,25+,27+,28?,29?,30+/m0/s1. The van der Waals surface area contributed by atoms with E-state index in [0.717, 1.165) is 38.5 Å². The van der Waals surface area contributed by atoms with Gasteiger partial charge in [0.2, 0.25) is 5.91 Å². The van der Waals surface area contributed by atoms with Gasteiger partial charge in [-0.25, -0.2) is 0 Å². The Morgan fingerprint density at radius 1 is 0.846 bits per heavy atom. The lowest BCUT2D eigenvalue weighted by Crippen LogP contribution is -2.60. The molecule has 1 aliphatic rings. The smallest absolute Gasteiger partial charge is 0.220 e. The highest BCUT2D eigenvalue weighted by Gasteiger charge is 2.44. The van der Waals surface area contributed by atoms with Crippen LogP contribution < -0.4 is 5.32 Å². The lowest BCUT2D eigenvalue weighted by atomic mass is 9.99. The van der Waals surface area contributed by atoms with E-state index < -0.39 is 49.5 Å². The van der Waals surface area contributed by atoms with Gasteiger partial charge in [0.25, 0.3) is 0 Å². The molecule has 0 aromatic heterocycles. The van der Waals surface area contributed by atoms with E-state index in [1.165, 1.54) is 44.9 Å². The second-order valence-corrected chi connectivity index (χ2v) is 10.5. The summed E-state index contributed by atoms with van der Waals surface area (Å²) in [5, 5.41) is 53.3. The van der Waals surface area contributed by atoms with Crippen molar-refractivity contribution in [2.75, 3.05) is 13.2 Å². The Labute approximate surface area is 235 Å². The fourth-order valence-corrected chi connectivity index (χ4v) is 4.46. The van der Waals surface area contributed by atoms with Crippen LogP contribution in [-0.4, -0.2) is 87.5 Å². The van der Waals surface area contributed by atoms with Gasteiger partial charge in [0.15, 0.2) is 6.29 Å². The van der Waals surface area contributed by atoms with Crippen LogP contribution in [0.15, 0.2) is 24.3 Å². The van der Waals surface area contributed by atoms with Crippen LogP contribution in [0.4, 0.5) is 0 Å². The number of rotatable bonds is 22. The zero-order valence-electron chi connectivity index (χ0n) is 24.1. The maximum Gasteiger partial charge on any atom is 0.220 e. The summed E-state index contributed by atoms with van der Waals surface area (Å²) in [6.45, 7) is 3.59. The van der Waals surface area contributed by atoms with Crippen LogP contribution in [0, 0.1) is 0 Å². The Hall–Kier alpha value is -1.33. The second-order valence-electron chi connectivity index (χ2n) is 10.5. The van der Waals surface area contributed by atoms with Crippen molar-refractivity contribution in [3.05, 3.63) is 24.3 Å². The molecule has 1 heterocycles. The van der Waals surface area contributed by atoms with E-state index in [1.54, 1.807) is 6.08 Å². The number of amides is 1. The zero-order chi connectivity index (χ0) is 28.9. The summed E-state index contributed by atoms with van der Waals surface area (Å²) < 4.78 is 11.0. The number of allylic oxidation sites excluding steroid dienone is 3. The minimum Gasteiger partial charge on any atom is -0.394 e. The Bertz CT molecular complexity index is 671. The highest BCUT2D eigenvalue weighted by atomic mass is 16.7. The van der Waals surface area contributed by atoms with Gasteiger partial charge in [-0.05, 0) is 32.1 Å². The SMILES string of the molecule is CCCCC/C=C/CC/C=C/[C@@H](O)[C@H](CO[C@@H]1O[C@H](CO)[C@@H](O)C(O)C1O)NC(=O)CCCCCCCCC. The Kier molecular flexibility index (Phi) is 20.5. The number of ether oxygens (including phenoxy) is 2. The number of carbonyl (C=O) groups is 1. The molecular formula is C30H55NO8. The van der Waals surface area contributed by atoms with Gasteiger partial charge < -0.3 is 40.3 Å². The molecule has 0 aromatic rings. The fourth-order valence-electron chi connectivity index (χ4n) is 4.46. The minimum atomic E-state index is -1.56. The average molecular weight is 558 g/mol. The molecular weight excluding hydrogens is 502 g/mol. The van der Waals surface area contributed by atoms with Crippen LogP contribution in [0.3, 0.4) is 0 Å². The molecule has 0 bridgehead atoms. The van der Waals surface area contributed by atoms with Gasteiger partial charge in [0, 0.05) is 6.42 Å². The molecule has 2 unspecified atom stereocenters. The molecule has 0 aromatic carbocycles. The Morgan fingerprint density at radius 2 is 1.46 bits per heavy atom. The predicted molar refractivity (Wildman–Crippen MR) is 152 cm³/mol. The molecule has 9 heteroatoms. The lowest BCUT2D eigenvalue weighted by Gasteiger charge is -2.40. The normalized spacial score (nSPS) is 25.4. The summed E-state index contributed by atoms with van der Waals surface area (Å²) in [6.07, 6.45) is 14.0. The van der Waals surface area contributed by atoms with Crippen LogP contribution in [-0.2, 0) is 14.3 Å². The summed E-state index contributed by atoms with van der Waals surface area (Å²) >= 11 is 0. The van der Waals surface area contributed by atoms with Crippen LogP contribution >= 0.6 is 0 Å². The van der Waals surface area contributed by atoms with E-state index in [1.807, 2.05) is 6.08 Å². The van der Waals surface area contributed by atoms with Crippen LogP contribution in [0.25, 0.3) is 0 Å². The van der Waals surface area contributed by atoms with Crippen LogP contribution in [0.2, 0.25) is 0 Å². The van der Waals surface area contributed by atoms with Gasteiger partial charge in [-0.3, -0.25) is 4.79 Å². The van der Waals surface area contributed by atoms with E-state index in [4.69, 9.17) is 9.47 Å². The van der Waals surface area contributed by atoms with Gasteiger partial charge in [0.1, 0.15) is 24.4 Å². The van der Waals surface area contributed by atoms with Gasteiger partial charge in [-0.1, -0.05) is 89.5 Å². The molecule has 0 saturated carbocycles. The van der Waals surface area contributed by atoms with Crippen molar-refractivity contribution in [3.8, 4) is 0 Å². The zero-order valence-corrected chi connectivity index (χ0v) is 24.1. The number of nitrogens with one attached hydrogen (secondary N) is 1. The van der Waals surface area contributed by atoms with Crippen molar-refractivity contribution in [1.82, 2.24) is 5.32 Å². The predicted octanol–water partition coefficient (Wildman–Crippen LogP) is 3.26. The fraction of sp³-hybridized carbons (Fsp3) is 0.833. The molecule has 228 valence electrons. The first-order valence-corrected chi connectivity index (χ1v) is 15.1. The van der Waals surface area contributed by atoms with E-state index in [-0.39, 0.29) is 12.5 Å². The maximum absolute atomic E-state index is 12.6. The van der Waals surface area contributed by atoms with Gasteiger partial charge in [-0.2, -0.15) is 0 Å². The summed E-state index contributed by atoms with van der Waals surface area (Å²) in [5.41, 5.74) is 0. The number of hydrogen-bond donors (Lipinski definition) is 6. The first-order chi connectivity index (χ1) is 18.8. The van der Waals surface area contributed by atoms with Crippen molar-refractivity contribution >= 4 is 5.91 Å². The first-order valence-electron chi connectivity index (χ1n) is 15.1. The number of unbranched alkanes of at least 4 members (excludes halogenated alkanes) is 10. The second kappa shape index (κ2) is 22.4. The number of hydrogen-bond acceptors (Lipinski definition) is 8. The molecule has 0 aliphatic carbocycles. The highest BCUT2D eigenvalue weighted by molar-refractivity contribution is 5.76. The first kappa shape index (κ1) is 35.7. The third kappa shape index (κ3) is 15.3. The number of carbonyl (C=O) groups excluding carboxylic acids is 1. The van der Waals surface area contributed by atoms with E-state index in [9.17, 15) is 30.3 Å². The molecule has 1 aliphatic heterocycles. The van der Waals surface area contributed by atoms with Gasteiger partial charge in [-0.15, -0.1) is 0 Å². The maximum atomic E-state index is 12.6. The Morgan fingerprint density at radius 3 is 2.15 bits per heavy atom. The highest BCUT2D eigenvalue weighted by Crippen LogP contribution is 2.22. The molecule has 1 rings (SSSR count).